The molecule has 0 aromatic heterocycles. The zero-order valence-corrected chi connectivity index (χ0v) is 7.88. The molecule has 2 aliphatic heterocycles. The Bertz CT molecular complexity index is 226. The summed E-state index contributed by atoms with van der Waals surface area (Å²) in [5, 5.41) is 31.4. The van der Waals surface area contributed by atoms with Gasteiger partial charge in [0.2, 0.25) is 0 Å². The summed E-state index contributed by atoms with van der Waals surface area (Å²) >= 11 is 0. The number of fused-ring (bicyclic) bond motifs is 2. The maximum Gasteiger partial charge on any atom is 0.176 e. The number of hydrogen-bond acceptors (Lipinski definition) is 6. The largest absolute Gasteiger partial charge is 0.393 e. The minimum Gasteiger partial charge on any atom is -0.393 e. The highest BCUT2D eigenvalue weighted by atomic mass is 16.7. The Morgan fingerprint density at radius 1 is 1.50 bits per heavy atom. The molecule has 0 saturated carbocycles. The quantitative estimate of drug-likeness (QED) is 0.395. The number of rotatable bonds is 2. The molecule has 0 aliphatic carbocycles. The third-order valence-electron chi connectivity index (χ3n) is 2.97. The first-order valence-corrected chi connectivity index (χ1v) is 4.58. The molecule has 2 bridgehead atoms. The van der Waals surface area contributed by atoms with Crippen LogP contribution in [0.2, 0.25) is 0 Å². The van der Waals surface area contributed by atoms with Crippen LogP contribution in [0, 0.1) is 0 Å². The van der Waals surface area contributed by atoms with Gasteiger partial charge >= 0.3 is 0 Å². The van der Waals surface area contributed by atoms with Gasteiger partial charge in [-0.2, -0.15) is 0 Å². The average Bonchev–Trinajstić information content (AvgIpc) is 2.59. The fourth-order valence-electron chi connectivity index (χ4n) is 2.01. The lowest BCUT2D eigenvalue weighted by Gasteiger charge is -2.41. The first-order chi connectivity index (χ1) is 6.64. The van der Waals surface area contributed by atoms with Crippen LogP contribution in [-0.4, -0.2) is 65.7 Å². The molecular formula is C8H15NO5. The minimum absolute atomic E-state index is 0.102. The van der Waals surface area contributed by atoms with Crippen LogP contribution in [0.3, 0.4) is 0 Å². The maximum atomic E-state index is 9.76. The summed E-state index contributed by atoms with van der Waals surface area (Å²) in [7, 11) is 1.65. The maximum absolute atomic E-state index is 9.76. The van der Waals surface area contributed by atoms with Crippen LogP contribution in [0.5, 0.6) is 0 Å². The highest BCUT2D eigenvalue weighted by molar-refractivity contribution is 5.05. The number of hydrogen-bond donors (Lipinski definition) is 4. The van der Waals surface area contributed by atoms with E-state index in [1.54, 1.807) is 7.05 Å². The van der Waals surface area contributed by atoms with E-state index in [4.69, 9.17) is 14.6 Å². The van der Waals surface area contributed by atoms with E-state index in [1.807, 2.05) is 0 Å². The van der Waals surface area contributed by atoms with Crippen LogP contribution < -0.4 is 5.32 Å². The van der Waals surface area contributed by atoms with Gasteiger partial charge in [-0.15, -0.1) is 0 Å². The Kier molecular flexibility index (Phi) is 2.50. The number of aliphatic hydroxyl groups excluding tert-OH is 3. The van der Waals surface area contributed by atoms with Gasteiger partial charge in [0.1, 0.15) is 17.8 Å². The topological polar surface area (TPSA) is 91.2 Å². The van der Waals surface area contributed by atoms with Gasteiger partial charge in [-0.25, -0.2) is 0 Å². The molecule has 2 fully saturated rings. The van der Waals surface area contributed by atoms with Crippen molar-refractivity contribution in [1.29, 1.82) is 0 Å². The molecule has 2 aliphatic rings. The minimum atomic E-state index is -1.16. The van der Waals surface area contributed by atoms with E-state index >= 15 is 0 Å². The van der Waals surface area contributed by atoms with Gasteiger partial charge in [-0.1, -0.05) is 0 Å². The van der Waals surface area contributed by atoms with Gasteiger partial charge in [0.25, 0.3) is 0 Å². The Morgan fingerprint density at radius 2 is 2.21 bits per heavy atom. The lowest BCUT2D eigenvalue weighted by molar-refractivity contribution is -0.232. The fraction of sp³-hybridized carbons (Fsp3) is 1.00. The van der Waals surface area contributed by atoms with Crippen LogP contribution in [0.1, 0.15) is 0 Å². The van der Waals surface area contributed by atoms with Crippen LogP contribution in [-0.2, 0) is 9.47 Å². The average molecular weight is 205 g/mol. The zero-order valence-electron chi connectivity index (χ0n) is 7.88. The molecular weight excluding hydrogens is 190 g/mol. The van der Waals surface area contributed by atoms with Crippen LogP contribution in [0.4, 0.5) is 0 Å². The molecule has 5 atom stereocenters. The Morgan fingerprint density at radius 3 is 2.79 bits per heavy atom. The number of aliphatic hydroxyl groups is 3. The summed E-state index contributed by atoms with van der Waals surface area (Å²) in [5.41, 5.74) is -1.16. The number of likely N-dealkylation sites (N-methyl/N-ethyl adjacent to an activating group) is 1. The molecule has 0 aromatic rings. The van der Waals surface area contributed by atoms with E-state index in [-0.39, 0.29) is 13.2 Å². The molecule has 4 N–H and O–H groups in total. The predicted molar refractivity (Wildman–Crippen MR) is 45.5 cm³/mol. The summed E-state index contributed by atoms with van der Waals surface area (Å²) in [6, 6.07) is -0.466. The predicted octanol–water partition coefficient (Wildman–Crippen LogP) is -2.59. The standard InChI is InChI=1S/C8H15NO5/c1-9-4-5(11)6(12)8(2-10)3-13-7(4)14-8/h4-7,9-12H,2-3H2,1H3/t4-,5-,6-,7+,8+/m1/s1. The normalized spacial score (nSPS) is 52.3. The first kappa shape index (κ1) is 10.3. The van der Waals surface area contributed by atoms with Crippen molar-refractivity contribution in [3.05, 3.63) is 0 Å². The lowest BCUT2D eigenvalue weighted by Crippen LogP contribution is -2.65. The molecule has 0 spiro atoms. The summed E-state index contributed by atoms with van der Waals surface area (Å²) < 4.78 is 10.6. The third kappa shape index (κ3) is 1.19. The molecule has 2 heterocycles. The van der Waals surface area contributed by atoms with Gasteiger partial charge in [0.15, 0.2) is 6.29 Å². The molecule has 2 saturated heterocycles. The van der Waals surface area contributed by atoms with Crippen molar-refractivity contribution in [2.45, 2.75) is 30.1 Å². The van der Waals surface area contributed by atoms with Crippen molar-refractivity contribution < 1.29 is 24.8 Å². The molecule has 0 radical (unpaired) electrons. The molecule has 2 rings (SSSR count). The van der Waals surface area contributed by atoms with Gasteiger partial charge in [-0.3, -0.25) is 0 Å². The molecule has 0 amide bonds. The Balaban J connectivity index is 2.23. The monoisotopic (exact) mass is 205 g/mol. The van der Waals surface area contributed by atoms with Crippen molar-refractivity contribution in [1.82, 2.24) is 5.32 Å². The molecule has 0 aromatic carbocycles. The van der Waals surface area contributed by atoms with Crippen molar-refractivity contribution in [2.75, 3.05) is 20.3 Å². The van der Waals surface area contributed by atoms with Crippen LogP contribution >= 0.6 is 0 Å². The summed E-state index contributed by atoms with van der Waals surface area (Å²) in [6.45, 7) is -0.261. The van der Waals surface area contributed by atoms with Crippen molar-refractivity contribution in [3.8, 4) is 0 Å². The van der Waals surface area contributed by atoms with Crippen LogP contribution in [0.25, 0.3) is 0 Å². The molecule has 82 valence electrons. The zero-order chi connectivity index (χ0) is 10.3. The molecule has 6 heteroatoms. The number of nitrogens with one attached hydrogen (secondary N) is 1. The Labute approximate surface area is 81.4 Å². The fourth-order valence-corrected chi connectivity index (χ4v) is 2.01. The number of ether oxygens (including phenoxy) is 2. The van der Waals surface area contributed by atoms with Gasteiger partial charge in [-0.05, 0) is 7.05 Å². The molecule has 6 nitrogen and oxygen atoms in total. The third-order valence-corrected chi connectivity index (χ3v) is 2.97. The summed E-state index contributed by atoms with van der Waals surface area (Å²) in [4.78, 5) is 0. The van der Waals surface area contributed by atoms with E-state index in [0.717, 1.165) is 0 Å². The Hall–Kier alpha value is -0.240. The molecule has 0 unspecified atom stereocenters. The molecule has 14 heavy (non-hydrogen) atoms. The van der Waals surface area contributed by atoms with Crippen LogP contribution in [0.15, 0.2) is 0 Å². The van der Waals surface area contributed by atoms with E-state index in [9.17, 15) is 10.2 Å². The van der Waals surface area contributed by atoms with Crippen molar-refractivity contribution >= 4 is 0 Å². The second kappa shape index (κ2) is 3.41. The van der Waals surface area contributed by atoms with Crippen molar-refractivity contribution in [2.24, 2.45) is 0 Å². The first-order valence-electron chi connectivity index (χ1n) is 4.58. The van der Waals surface area contributed by atoms with E-state index < -0.39 is 30.1 Å². The van der Waals surface area contributed by atoms with Gasteiger partial charge in [0, 0.05) is 0 Å². The highest BCUT2D eigenvalue weighted by Gasteiger charge is 2.58. The van der Waals surface area contributed by atoms with Crippen molar-refractivity contribution in [3.63, 3.8) is 0 Å². The van der Waals surface area contributed by atoms with Gasteiger partial charge < -0.3 is 30.1 Å². The van der Waals surface area contributed by atoms with E-state index in [2.05, 4.69) is 5.32 Å². The summed E-state index contributed by atoms with van der Waals surface area (Å²) in [5.74, 6) is 0. The summed E-state index contributed by atoms with van der Waals surface area (Å²) in [6.07, 6.45) is -2.73. The lowest BCUT2D eigenvalue weighted by atomic mass is 9.88. The smallest absolute Gasteiger partial charge is 0.176 e. The SMILES string of the molecule is CN[C@H]1[C@H]2OC[C@](CO)(O2)[C@H](O)[C@@H]1O. The van der Waals surface area contributed by atoms with E-state index in [1.165, 1.54) is 0 Å². The van der Waals surface area contributed by atoms with Gasteiger partial charge in [0.05, 0.1) is 19.3 Å². The second-order valence-corrected chi connectivity index (χ2v) is 3.77. The second-order valence-electron chi connectivity index (χ2n) is 3.77. The highest BCUT2D eigenvalue weighted by Crippen LogP contribution is 2.36. The van der Waals surface area contributed by atoms with E-state index in [0.29, 0.717) is 0 Å².